The van der Waals surface area contributed by atoms with Crippen molar-refractivity contribution in [1.29, 1.82) is 0 Å². The predicted molar refractivity (Wildman–Crippen MR) is 19.1 cm³/mol. The quantitative estimate of drug-likeness (QED) is 0.316. The Hall–Kier alpha value is -0.150. The molecule has 0 bridgehead atoms. The molecule has 1 fully saturated rings. The zero-order valence-electron chi connectivity index (χ0n) is 3.35. The van der Waals surface area contributed by atoms with Gasteiger partial charge in [-0.05, 0) is 4.48 Å². The van der Waals surface area contributed by atoms with Gasteiger partial charge in [-0.2, -0.15) is 4.87 Å². The molecule has 0 unspecified atom stereocenters. The number of rotatable bonds is 0. The van der Waals surface area contributed by atoms with Crippen LogP contribution < -0.4 is 0 Å². The maximum Gasteiger partial charge on any atom is 0.120 e. The molecule has 36 valence electrons. The molecule has 1 heterocycles. The monoisotopic (exact) mass is 91.0 g/mol. The lowest BCUT2D eigenvalue weighted by atomic mass is 10.3. The van der Waals surface area contributed by atoms with Crippen molar-refractivity contribution in [2.24, 2.45) is 0 Å². The van der Waals surface area contributed by atoms with Gasteiger partial charge in [0.2, 0.25) is 0 Å². The van der Waals surface area contributed by atoms with E-state index >= 15 is 0 Å². The average Bonchev–Trinajstić information content (AvgIpc) is 1.32. The molecule has 1 aliphatic heterocycles. The van der Waals surface area contributed by atoms with E-state index in [1.54, 1.807) is 0 Å². The molecule has 0 aromatic heterocycles. The van der Waals surface area contributed by atoms with Crippen molar-refractivity contribution in [3.05, 3.63) is 5.21 Å². The van der Waals surface area contributed by atoms with E-state index in [0.29, 0.717) is 0 Å². The maximum atomic E-state index is 11.6. The van der Waals surface area contributed by atoms with Gasteiger partial charge in [0.05, 0.1) is 6.42 Å². The van der Waals surface area contributed by atoms with Crippen LogP contribution in [0.5, 0.6) is 0 Å². The van der Waals surface area contributed by atoms with Gasteiger partial charge in [0.15, 0.2) is 0 Å². The number of nitrogens with zero attached hydrogens (tertiary/aromatic N) is 1. The fraction of sp³-hybridized carbons (Fsp3) is 1.00. The van der Waals surface area contributed by atoms with E-state index in [1.807, 2.05) is 0 Å². The van der Waals surface area contributed by atoms with E-state index in [4.69, 9.17) is 0 Å². The van der Waals surface area contributed by atoms with Gasteiger partial charge in [-0.1, -0.05) is 0 Å². The summed E-state index contributed by atoms with van der Waals surface area (Å²) in [6.45, 7) is 0.333. The summed E-state index contributed by atoms with van der Waals surface area (Å²) in [7, 11) is 0. The van der Waals surface area contributed by atoms with E-state index in [0.717, 1.165) is 6.42 Å². The highest BCUT2D eigenvalue weighted by Gasteiger charge is 2.26. The number of hydrogen-bond acceptors (Lipinski definition) is 1. The van der Waals surface area contributed by atoms with Crippen LogP contribution in [0.2, 0.25) is 0 Å². The van der Waals surface area contributed by atoms with Crippen LogP contribution in [0.15, 0.2) is 0 Å². The van der Waals surface area contributed by atoms with Crippen molar-refractivity contribution >= 4 is 0 Å². The summed E-state index contributed by atoms with van der Waals surface area (Å²) in [5, 5.41) is 9.83. The first-order chi connectivity index (χ1) is 2.71. The fourth-order valence-corrected chi connectivity index (χ4v) is 0.407. The second kappa shape index (κ2) is 0.918. The molecule has 1 aliphatic rings. The van der Waals surface area contributed by atoms with E-state index in [9.17, 15) is 9.69 Å². The van der Waals surface area contributed by atoms with E-state index in [1.165, 1.54) is 0 Å². The van der Waals surface area contributed by atoms with Crippen molar-refractivity contribution in [2.45, 2.75) is 6.42 Å². The van der Waals surface area contributed by atoms with E-state index < -0.39 is 4.87 Å². The number of halogens is 1. The molecule has 2 nitrogen and oxygen atoms in total. The second-order valence-electron chi connectivity index (χ2n) is 1.59. The summed E-state index contributed by atoms with van der Waals surface area (Å²) in [5.41, 5.74) is 0. The molecule has 0 saturated carbocycles. The van der Waals surface area contributed by atoms with Crippen molar-refractivity contribution in [2.75, 3.05) is 13.1 Å². The smallest absolute Gasteiger partial charge is 0.120 e. The molecule has 3 heteroatoms. The summed E-state index contributed by atoms with van der Waals surface area (Å²) < 4.78 is 11.6. The van der Waals surface area contributed by atoms with Crippen LogP contribution in [0.1, 0.15) is 6.42 Å². The fourth-order valence-electron chi connectivity index (χ4n) is 0.407. The first kappa shape index (κ1) is 4.02. The molecule has 1 rings (SSSR count). The van der Waals surface area contributed by atoms with Gasteiger partial charge in [0.1, 0.15) is 13.1 Å². The molecule has 0 aromatic carbocycles. The molecule has 0 radical (unpaired) electrons. The topological polar surface area (TPSA) is 23.1 Å². The standard InChI is InChI=1S/C3H6FNO/c4-5(6)2-1-3-5/h1-3H2. The lowest BCUT2D eigenvalue weighted by Gasteiger charge is -2.36. The molecular weight excluding hydrogens is 85.0 g/mol. The van der Waals surface area contributed by atoms with Crippen molar-refractivity contribution in [3.63, 3.8) is 0 Å². The molecular formula is C3H6FNO. The Labute approximate surface area is 35.3 Å². The van der Waals surface area contributed by atoms with Crippen LogP contribution in [-0.4, -0.2) is 18.0 Å². The summed E-state index contributed by atoms with van der Waals surface area (Å²) in [5.74, 6) is 0. The lowest BCUT2D eigenvalue weighted by Crippen LogP contribution is -2.45. The predicted octanol–water partition coefficient (Wildman–Crippen LogP) is 0.589. The Bertz CT molecular complexity index is 57.8. The highest BCUT2D eigenvalue weighted by Crippen LogP contribution is 2.16. The highest BCUT2D eigenvalue weighted by atomic mass is 19.2. The molecule has 0 aromatic rings. The maximum absolute atomic E-state index is 11.6. The van der Waals surface area contributed by atoms with Crippen LogP contribution >= 0.6 is 0 Å². The molecule has 0 aliphatic carbocycles. The Balaban J connectivity index is 2.31. The average molecular weight is 91.1 g/mol. The molecule has 0 amide bonds. The molecule has 6 heavy (non-hydrogen) atoms. The third-order valence-electron chi connectivity index (χ3n) is 0.984. The van der Waals surface area contributed by atoms with Gasteiger partial charge in [-0.3, -0.25) is 0 Å². The van der Waals surface area contributed by atoms with Crippen molar-refractivity contribution in [3.8, 4) is 0 Å². The van der Waals surface area contributed by atoms with Crippen LogP contribution in [0.25, 0.3) is 0 Å². The van der Waals surface area contributed by atoms with Gasteiger partial charge in [0, 0.05) is 0 Å². The Morgan fingerprint density at radius 3 is 1.83 bits per heavy atom. The van der Waals surface area contributed by atoms with E-state index in [2.05, 4.69) is 0 Å². The minimum atomic E-state index is -1.50. The Kier molecular flexibility index (Phi) is 0.615. The van der Waals surface area contributed by atoms with Gasteiger partial charge in [-0.15, -0.1) is 0 Å². The van der Waals surface area contributed by atoms with Gasteiger partial charge in [-0.25, -0.2) is 0 Å². The van der Waals surface area contributed by atoms with Crippen LogP contribution in [0, 0.1) is 5.21 Å². The number of hydroxylamine groups is 2. The third kappa shape index (κ3) is 0.507. The molecule has 0 atom stereocenters. The first-order valence-corrected chi connectivity index (χ1v) is 1.98. The minimum absolute atomic E-state index is 0.167. The highest BCUT2D eigenvalue weighted by molar-refractivity contribution is 4.45. The minimum Gasteiger partial charge on any atom is -0.593 e. The third-order valence-corrected chi connectivity index (χ3v) is 0.984. The first-order valence-electron chi connectivity index (χ1n) is 1.98. The summed E-state index contributed by atoms with van der Waals surface area (Å²) >= 11 is 0. The SMILES string of the molecule is [O-][N+]1(F)CCC1. The number of quaternary nitrogens is 1. The Morgan fingerprint density at radius 2 is 1.83 bits per heavy atom. The molecule has 0 spiro atoms. The van der Waals surface area contributed by atoms with Crippen LogP contribution in [0.4, 0.5) is 4.48 Å². The zero-order chi connectivity index (χ0) is 4.62. The largest absolute Gasteiger partial charge is 0.593 e. The van der Waals surface area contributed by atoms with Crippen molar-refractivity contribution < 1.29 is 9.35 Å². The normalized spacial score (nSPS) is 29.0. The van der Waals surface area contributed by atoms with Crippen LogP contribution in [-0.2, 0) is 0 Å². The zero-order valence-corrected chi connectivity index (χ0v) is 3.35. The lowest BCUT2D eigenvalue weighted by molar-refractivity contribution is -1.05. The number of hydrogen-bond donors (Lipinski definition) is 0. The second-order valence-corrected chi connectivity index (χ2v) is 1.59. The van der Waals surface area contributed by atoms with Gasteiger partial charge in [0.25, 0.3) is 0 Å². The van der Waals surface area contributed by atoms with Gasteiger partial charge >= 0.3 is 0 Å². The van der Waals surface area contributed by atoms with Gasteiger partial charge < -0.3 is 5.21 Å². The van der Waals surface area contributed by atoms with Crippen LogP contribution in [0.3, 0.4) is 0 Å². The molecule has 1 saturated heterocycles. The van der Waals surface area contributed by atoms with Crippen molar-refractivity contribution in [1.82, 2.24) is 0 Å². The Morgan fingerprint density at radius 1 is 1.50 bits per heavy atom. The summed E-state index contributed by atoms with van der Waals surface area (Å²) in [4.78, 5) is -1.50. The summed E-state index contributed by atoms with van der Waals surface area (Å²) in [6, 6.07) is 0. The summed E-state index contributed by atoms with van der Waals surface area (Å²) in [6.07, 6.45) is 0.750. The van der Waals surface area contributed by atoms with E-state index in [-0.39, 0.29) is 13.1 Å². The molecule has 0 N–H and O–H groups in total.